The van der Waals surface area contributed by atoms with Gasteiger partial charge in [0.05, 0.1) is 18.2 Å². The summed E-state index contributed by atoms with van der Waals surface area (Å²) < 4.78 is 0. The van der Waals surface area contributed by atoms with Gasteiger partial charge >= 0.3 is 0 Å². The summed E-state index contributed by atoms with van der Waals surface area (Å²) in [7, 11) is 0. The first-order chi connectivity index (χ1) is 19.3. The molecule has 228 valence electrons. The average molecular weight is 554 g/mol. The monoisotopic (exact) mass is 553 g/mol. The van der Waals surface area contributed by atoms with E-state index in [4.69, 9.17) is 9.98 Å². The van der Waals surface area contributed by atoms with Crippen LogP contribution in [0.3, 0.4) is 0 Å². The second kappa shape index (κ2) is 14.2. The van der Waals surface area contributed by atoms with Crippen LogP contribution in [0.15, 0.2) is 9.98 Å². The van der Waals surface area contributed by atoms with Crippen LogP contribution in [0.25, 0.3) is 0 Å². The first-order valence-electron chi connectivity index (χ1n) is 17.8. The summed E-state index contributed by atoms with van der Waals surface area (Å²) >= 11 is 0. The standard InChI is InChI=1S/C36H63N3O/c1-23-19-24(2)35(25(3)20-23)38-27(5)34-18-12-17-33(39-34)26(4)37-30-21-31(28-13-8-6-9-14-28)36(40)32(22-30)29-15-10-7-11-16-29/h23-25,28-36,39-40H,6-22H2,1-5H3. The Hall–Kier alpha value is -0.740. The first kappa shape index (κ1) is 30.7. The third-order valence-electron chi connectivity index (χ3n) is 12.3. The van der Waals surface area contributed by atoms with Crippen LogP contribution in [-0.4, -0.2) is 46.8 Å². The molecule has 0 amide bonds. The van der Waals surface area contributed by atoms with Gasteiger partial charge in [0, 0.05) is 23.5 Å². The number of nitrogens with one attached hydrogen (secondary N) is 1. The van der Waals surface area contributed by atoms with E-state index in [0.717, 1.165) is 30.6 Å². The molecule has 1 aliphatic heterocycles. The van der Waals surface area contributed by atoms with E-state index < -0.39 is 0 Å². The van der Waals surface area contributed by atoms with Crippen molar-refractivity contribution in [2.45, 2.75) is 174 Å². The predicted molar refractivity (Wildman–Crippen MR) is 170 cm³/mol. The molecular weight excluding hydrogens is 490 g/mol. The quantitative estimate of drug-likeness (QED) is 0.324. The fourth-order valence-corrected chi connectivity index (χ4v) is 10.3. The van der Waals surface area contributed by atoms with E-state index in [1.54, 1.807) is 0 Å². The Kier molecular flexibility index (Phi) is 10.9. The van der Waals surface area contributed by atoms with Gasteiger partial charge in [-0.1, -0.05) is 85.0 Å². The van der Waals surface area contributed by atoms with Crippen LogP contribution < -0.4 is 5.32 Å². The van der Waals surface area contributed by atoms with E-state index in [1.165, 1.54) is 108 Å². The van der Waals surface area contributed by atoms with Crippen molar-refractivity contribution in [3.8, 4) is 0 Å². The molecule has 0 radical (unpaired) electrons. The van der Waals surface area contributed by atoms with Crippen LogP contribution in [0, 0.1) is 41.4 Å². The number of piperidine rings is 1. The number of hydrogen-bond donors (Lipinski definition) is 2. The summed E-state index contributed by atoms with van der Waals surface area (Å²) in [4.78, 5) is 10.9. The number of aliphatic hydroxyl groups is 1. The first-order valence-corrected chi connectivity index (χ1v) is 17.8. The van der Waals surface area contributed by atoms with Crippen LogP contribution >= 0.6 is 0 Å². The SMILES string of the molecule is CC(=NC1CC(C2CCCCC2)C(O)C(C2CCCCC2)C1)C1CCCC(C(C)=NC2C(C)CC(C)CC2C)N1. The number of aliphatic hydroxyl groups excluding tert-OH is 1. The summed E-state index contributed by atoms with van der Waals surface area (Å²) in [6.45, 7) is 11.8. The summed E-state index contributed by atoms with van der Waals surface area (Å²) in [5.41, 5.74) is 2.64. The molecule has 5 fully saturated rings. The molecule has 40 heavy (non-hydrogen) atoms. The highest BCUT2D eigenvalue weighted by Crippen LogP contribution is 2.46. The lowest BCUT2D eigenvalue weighted by atomic mass is 9.62. The van der Waals surface area contributed by atoms with Gasteiger partial charge in [0.25, 0.3) is 0 Å². The molecule has 6 unspecified atom stereocenters. The molecule has 1 heterocycles. The largest absolute Gasteiger partial charge is 0.393 e. The number of aliphatic imine (C=N–C) groups is 2. The summed E-state index contributed by atoms with van der Waals surface area (Å²) in [5, 5.41) is 15.8. The molecule has 0 bridgehead atoms. The maximum Gasteiger partial charge on any atom is 0.0603 e. The number of rotatable bonds is 6. The zero-order valence-corrected chi connectivity index (χ0v) is 26.8. The van der Waals surface area contributed by atoms with Gasteiger partial charge in [0.1, 0.15) is 0 Å². The molecule has 5 rings (SSSR count). The maximum absolute atomic E-state index is 11.7. The second-order valence-electron chi connectivity index (χ2n) is 15.5. The highest BCUT2D eigenvalue weighted by molar-refractivity contribution is 5.91. The van der Waals surface area contributed by atoms with Crippen LogP contribution in [-0.2, 0) is 0 Å². The summed E-state index contributed by atoms with van der Waals surface area (Å²) in [6.07, 6.45) is 22.0. The van der Waals surface area contributed by atoms with Crippen molar-refractivity contribution in [1.82, 2.24) is 5.32 Å². The van der Waals surface area contributed by atoms with Gasteiger partial charge < -0.3 is 10.4 Å². The third kappa shape index (κ3) is 7.42. The van der Waals surface area contributed by atoms with Crippen molar-refractivity contribution in [2.24, 2.45) is 51.4 Å². The zero-order chi connectivity index (χ0) is 28.2. The lowest BCUT2D eigenvalue weighted by Crippen LogP contribution is -2.50. The van der Waals surface area contributed by atoms with E-state index in [1.807, 2.05) is 0 Å². The minimum Gasteiger partial charge on any atom is -0.393 e. The van der Waals surface area contributed by atoms with E-state index >= 15 is 0 Å². The van der Waals surface area contributed by atoms with Crippen molar-refractivity contribution >= 4 is 11.4 Å². The lowest BCUT2D eigenvalue weighted by molar-refractivity contribution is -0.0495. The summed E-state index contributed by atoms with van der Waals surface area (Å²) in [6, 6.07) is 1.64. The molecule has 1 saturated heterocycles. The topological polar surface area (TPSA) is 57.0 Å². The molecule has 4 heteroatoms. The van der Waals surface area contributed by atoms with Gasteiger partial charge in [-0.3, -0.25) is 9.98 Å². The van der Waals surface area contributed by atoms with Crippen LogP contribution in [0.2, 0.25) is 0 Å². The Morgan fingerprint density at radius 1 is 0.600 bits per heavy atom. The Morgan fingerprint density at radius 2 is 1.07 bits per heavy atom. The Bertz CT molecular complexity index is 816. The van der Waals surface area contributed by atoms with Crippen molar-refractivity contribution in [1.29, 1.82) is 0 Å². The molecule has 0 aromatic rings. The van der Waals surface area contributed by atoms with Crippen molar-refractivity contribution in [3.05, 3.63) is 0 Å². The molecule has 5 aliphatic rings. The van der Waals surface area contributed by atoms with Gasteiger partial charge in [-0.25, -0.2) is 0 Å². The Morgan fingerprint density at radius 3 is 1.57 bits per heavy atom. The van der Waals surface area contributed by atoms with Gasteiger partial charge in [0.2, 0.25) is 0 Å². The minimum atomic E-state index is -0.0958. The molecule has 0 aromatic heterocycles. The molecule has 2 N–H and O–H groups in total. The number of hydrogen-bond acceptors (Lipinski definition) is 4. The second-order valence-corrected chi connectivity index (χ2v) is 15.5. The molecule has 0 spiro atoms. The average Bonchev–Trinajstić information content (AvgIpc) is 2.96. The molecule has 4 nitrogen and oxygen atoms in total. The lowest BCUT2D eigenvalue weighted by Gasteiger charge is -2.46. The molecule has 0 aromatic carbocycles. The van der Waals surface area contributed by atoms with Crippen molar-refractivity contribution < 1.29 is 5.11 Å². The Labute approximate surface area is 247 Å². The highest BCUT2D eigenvalue weighted by atomic mass is 16.3. The van der Waals surface area contributed by atoms with E-state index in [0.29, 0.717) is 47.8 Å². The van der Waals surface area contributed by atoms with Gasteiger partial charge in [-0.15, -0.1) is 0 Å². The fraction of sp³-hybridized carbons (Fsp3) is 0.944. The van der Waals surface area contributed by atoms with Crippen LogP contribution in [0.1, 0.15) is 144 Å². The van der Waals surface area contributed by atoms with E-state index in [-0.39, 0.29) is 6.10 Å². The van der Waals surface area contributed by atoms with Crippen LogP contribution in [0.5, 0.6) is 0 Å². The van der Waals surface area contributed by atoms with Crippen molar-refractivity contribution in [2.75, 3.05) is 0 Å². The zero-order valence-electron chi connectivity index (χ0n) is 26.8. The molecular formula is C36H63N3O. The normalized spacial score (nSPS) is 43.5. The smallest absolute Gasteiger partial charge is 0.0603 e. The predicted octanol–water partition coefficient (Wildman–Crippen LogP) is 8.41. The maximum atomic E-state index is 11.7. The molecule has 6 atom stereocenters. The fourth-order valence-electron chi connectivity index (χ4n) is 10.3. The van der Waals surface area contributed by atoms with Crippen LogP contribution in [0.4, 0.5) is 0 Å². The highest BCUT2D eigenvalue weighted by Gasteiger charge is 2.44. The van der Waals surface area contributed by atoms with Gasteiger partial charge in [-0.2, -0.15) is 0 Å². The van der Waals surface area contributed by atoms with E-state index in [2.05, 4.69) is 39.9 Å². The van der Waals surface area contributed by atoms with E-state index in [9.17, 15) is 5.11 Å². The van der Waals surface area contributed by atoms with Crippen molar-refractivity contribution in [3.63, 3.8) is 0 Å². The molecule has 4 aliphatic carbocycles. The minimum absolute atomic E-state index is 0.0958. The third-order valence-corrected chi connectivity index (χ3v) is 12.3. The summed E-state index contributed by atoms with van der Waals surface area (Å²) in [5.74, 6) is 4.58. The van der Waals surface area contributed by atoms with Gasteiger partial charge in [-0.05, 0) is 100 Å². The van der Waals surface area contributed by atoms with Gasteiger partial charge in [0.15, 0.2) is 0 Å². The molecule has 4 saturated carbocycles. The number of nitrogens with zero attached hydrogens (tertiary/aromatic N) is 2. The Balaban J connectivity index is 1.27.